The van der Waals surface area contributed by atoms with Crippen LogP contribution in [0.3, 0.4) is 0 Å². The Morgan fingerprint density at radius 2 is 2.16 bits per heavy atom. The van der Waals surface area contributed by atoms with Crippen molar-refractivity contribution < 1.29 is 9.84 Å². The molecule has 1 N–H and O–H groups in total. The van der Waals surface area contributed by atoms with Crippen LogP contribution < -0.4 is 0 Å². The number of hydrogen-bond acceptors (Lipinski definition) is 3. The molecule has 1 aliphatic rings. The Kier molecular flexibility index (Phi) is 6.29. The minimum absolute atomic E-state index is 0.131. The van der Waals surface area contributed by atoms with Gasteiger partial charge in [0.25, 0.3) is 0 Å². The number of aliphatic hydroxyl groups excluding tert-OH is 1. The van der Waals surface area contributed by atoms with Gasteiger partial charge in [0.15, 0.2) is 0 Å². The summed E-state index contributed by atoms with van der Waals surface area (Å²) in [7, 11) is 0. The molecule has 1 aliphatic heterocycles. The summed E-state index contributed by atoms with van der Waals surface area (Å²) < 4.78 is 5.37. The molecule has 102 valence electrons. The van der Waals surface area contributed by atoms with Gasteiger partial charge in [-0.2, -0.15) is 11.8 Å². The number of benzene rings is 1. The van der Waals surface area contributed by atoms with Gasteiger partial charge < -0.3 is 9.84 Å². The fourth-order valence-electron chi connectivity index (χ4n) is 2.02. The molecule has 1 heterocycles. The Morgan fingerprint density at radius 1 is 1.32 bits per heavy atom. The molecule has 0 spiro atoms. The molecular weight excluding hydrogens is 256 g/mol. The smallest absolute Gasteiger partial charge is 0.0540 e. The third-order valence-electron chi connectivity index (χ3n) is 3.05. The highest BCUT2D eigenvalue weighted by molar-refractivity contribution is 7.99. The summed E-state index contributed by atoms with van der Waals surface area (Å²) in [5.41, 5.74) is 2.37. The van der Waals surface area contributed by atoms with Crippen LogP contribution >= 0.6 is 11.8 Å². The van der Waals surface area contributed by atoms with E-state index in [9.17, 15) is 0 Å². The number of rotatable bonds is 4. The SMILES string of the molecule is OCCC#Cc1cccc(CSC2CCOCC2)c1. The first kappa shape index (κ1) is 14.5. The fraction of sp³-hybridized carbons (Fsp3) is 0.500. The van der Waals surface area contributed by atoms with E-state index in [2.05, 4.69) is 30.0 Å². The monoisotopic (exact) mass is 276 g/mol. The topological polar surface area (TPSA) is 29.5 Å². The molecule has 0 atom stereocenters. The van der Waals surface area contributed by atoms with E-state index in [0.29, 0.717) is 6.42 Å². The van der Waals surface area contributed by atoms with E-state index in [-0.39, 0.29) is 6.61 Å². The zero-order chi connectivity index (χ0) is 13.3. The molecule has 0 radical (unpaired) electrons. The van der Waals surface area contributed by atoms with Crippen molar-refractivity contribution in [2.24, 2.45) is 0 Å². The van der Waals surface area contributed by atoms with Crippen molar-refractivity contribution in [1.82, 2.24) is 0 Å². The minimum Gasteiger partial charge on any atom is -0.395 e. The summed E-state index contributed by atoms with van der Waals surface area (Å²) >= 11 is 2.02. The Hall–Kier alpha value is -0.950. The first-order valence-electron chi connectivity index (χ1n) is 6.76. The standard InChI is InChI=1S/C16H20O2S/c17-9-2-1-4-14-5-3-6-15(12-14)13-19-16-7-10-18-11-8-16/h3,5-6,12,16-17H,2,7-11,13H2. The lowest BCUT2D eigenvalue weighted by Gasteiger charge is -2.21. The van der Waals surface area contributed by atoms with E-state index in [4.69, 9.17) is 9.84 Å². The summed E-state index contributed by atoms with van der Waals surface area (Å²) in [4.78, 5) is 0. The quantitative estimate of drug-likeness (QED) is 0.858. The highest BCUT2D eigenvalue weighted by atomic mass is 32.2. The molecule has 0 aromatic heterocycles. The number of hydrogen-bond donors (Lipinski definition) is 1. The van der Waals surface area contributed by atoms with E-state index < -0.39 is 0 Å². The molecule has 2 nitrogen and oxygen atoms in total. The summed E-state index contributed by atoms with van der Waals surface area (Å²) in [5.74, 6) is 7.09. The molecule has 3 heteroatoms. The molecule has 0 aliphatic carbocycles. The molecule has 0 unspecified atom stereocenters. The van der Waals surface area contributed by atoms with E-state index in [1.165, 1.54) is 18.4 Å². The van der Waals surface area contributed by atoms with E-state index in [1.807, 2.05) is 17.8 Å². The Bertz CT molecular complexity index is 442. The normalized spacial score (nSPS) is 15.8. The summed E-state index contributed by atoms with van der Waals surface area (Å²) in [5, 5.41) is 9.45. The number of ether oxygens (including phenoxy) is 1. The second-order valence-corrected chi connectivity index (χ2v) is 5.89. The van der Waals surface area contributed by atoms with Gasteiger partial charge in [0.05, 0.1) is 6.61 Å². The first-order chi connectivity index (χ1) is 9.38. The van der Waals surface area contributed by atoms with Crippen molar-refractivity contribution in [2.75, 3.05) is 19.8 Å². The molecule has 0 saturated carbocycles. The van der Waals surface area contributed by atoms with Gasteiger partial charge >= 0.3 is 0 Å². The molecule has 1 aromatic rings. The van der Waals surface area contributed by atoms with Crippen molar-refractivity contribution in [1.29, 1.82) is 0 Å². The van der Waals surface area contributed by atoms with Crippen LogP contribution in [0.2, 0.25) is 0 Å². The van der Waals surface area contributed by atoms with Gasteiger partial charge in [0.2, 0.25) is 0 Å². The molecular formula is C16H20O2S. The largest absolute Gasteiger partial charge is 0.395 e. The molecule has 1 saturated heterocycles. The lowest BCUT2D eigenvalue weighted by Crippen LogP contribution is -2.17. The molecule has 19 heavy (non-hydrogen) atoms. The summed E-state index contributed by atoms with van der Waals surface area (Å²) in [6.45, 7) is 1.95. The van der Waals surface area contributed by atoms with Crippen molar-refractivity contribution in [2.45, 2.75) is 30.3 Å². The van der Waals surface area contributed by atoms with Crippen LogP contribution in [0.4, 0.5) is 0 Å². The third kappa shape index (κ3) is 5.28. The van der Waals surface area contributed by atoms with Crippen molar-refractivity contribution in [3.05, 3.63) is 35.4 Å². The first-order valence-corrected chi connectivity index (χ1v) is 7.81. The Morgan fingerprint density at radius 3 is 2.95 bits per heavy atom. The minimum atomic E-state index is 0.131. The van der Waals surface area contributed by atoms with Crippen molar-refractivity contribution >= 4 is 11.8 Å². The number of aliphatic hydroxyl groups is 1. The van der Waals surface area contributed by atoms with Gasteiger partial charge in [-0.25, -0.2) is 0 Å². The van der Waals surface area contributed by atoms with Gasteiger partial charge in [-0.1, -0.05) is 24.0 Å². The lowest BCUT2D eigenvalue weighted by molar-refractivity contribution is 0.1000. The van der Waals surface area contributed by atoms with Crippen LogP contribution in [0, 0.1) is 11.8 Å². The molecule has 1 aromatic carbocycles. The van der Waals surface area contributed by atoms with Crippen LogP contribution in [-0.4, -0.2) is 30.2 Å². The number of thioether (sulfide) groups is 1. The molecule has 2 rings (SSSR count). The van der Waals surface area contributed by atoms with Gasteiger partial charge in [-0.05, 0) is 30.5 Å². The maximum Gasteiger partial charge on any atom is 0.0540 e. The van der Waals surface area contributed by atoms with Gasteiger partial charge in [0.1, 0.15) is 0 Å². The Balaban J connectivity index is 1.86. The summed E-state index contributed by atoms with van der Waals surface area (Å²) in [6, 6.07) is 8.38. The maximum atomic E-state index is 8.71. The second-order valence-electron chi connectivity index (χ2n) is 4.60. The highest BCUT2D eigenvalue weighted by Gasteiger charge is 2.13. The molecule has 1 fully saturated rings. The van der Waals surface area contributed by atoms with Crippen molar-refractivity contribution in [3.8, 4) is 11.8 Å². The van der Waals surface area contributed by atoms with E-state index in [1.54, 1.807) is 0 Å². The molecule has 0 bridgehead atoms. The van der Waals surface area contributed by atoms with Gasteiger partial charge in [0, 0.05) is 36.2 Å². The Labute approximate surface area is 119 Å². The average Bonchev–Trinajstić information content (AvgIpc) is 2.47. The van der Waals surface area contributed by atoms with E-state index >= 15 is 0 Å². The van der Waals surface area contributed by atoms with Crippen LogP contribution in [-0.2, 0) is 10.5 Å². The van der Waals surface area contributed by atoms with Gasteiger partial charge in [-0.3, -0.25) is 0 Å². The van der Waals surface area contributed by atoms with Crippen LogP contribution in [0.25, 0.3) is 0 Å². The second kappa shape index (κ2) is 8.27. The molecule has 0 amide bonds. The van der Waals surface area contributed by atoms with Crippen LogP contribution in [0.5, 0.6) is 0 Å². The van der Waals surface area contributed by atoms with Crippen LogP contribution in [0.15, 0.2) is 24.3 Å². The predicted molar refractivity (Wildman–Crippen MR) is 80.2 cm³/mol. The zero-order valence-electron chi connectivity index (χ0n) is 11.1. The predicted octanol–water partition coefficient (Wildman–Crippen LogP) is 2.83. The summed E-state index contributed by atoms with van der Waals surface area (Å²) in [6.07, 6.45) is 2.88. The maximum absolute atomic E-state index is 8.71. The average molecular weight is 276 g/mol. The third-order valence-corrected chi connectivity index (χ3v) is 4.49. The zero-order valence-corrected chi connectivity index (χ0v) is 11.9. The van der Waals surface area contributed by atoms with Gasteiger partial charge in [-0.15, -0.1) is 0 Å². The van der Waals surface area contributed by atoms with Crippen LogP contribution in [0.1, 0.15) is 30.4 Å². The lowest BCUT2D eigenvalue weighted by atomic mass is 10.1. The fourth-order valence-corrected chi connectivity index (χ4v) is 3.15. The highest BCUT2D eigenvalue weighted by Crippen LogP contribution is 2.25. The van der Waals surface area contributed by atoms with Crippen molar-refractivity contribution in [3.63, 3.8) is 0 Å². The van der Waals surface area contributed by atoms with E-state index in [0.717, 1.165) is 29.8 Å².